The lowest BCUT2D eigenvalue weighted by Crippen LogP contribution is -2.45. The first kappa shape index (κ1) is 14.2. The maximum atomic E-state index is 6.01. The SMILES string of the molecule is NC(=NCC1CCCN1C1CCCCC1)NC1CCC1. The third-order valence-corrected chi connectivity index (χ3v) is 5.40. The van der Waals surface area contributed by atoms with Crippen LogP contribution in [0.15, 0.2) is 4.99 Å². The van der Waals surface area contributed by atoms with Gasteiger partial charge in [-0.15, -0.1) is 0 Å². The molecule has 3 rings (SSSR count). The van der Waals surface area contributed by atoms with Gasteiger partial charge in [0.25, 0.3) is 0 Å². The summed E-state index contributed by atoms with van der Waals surface area (Å²) < 4.78 is 0. The van der Waals surface area contributed by atoms with Crippen molar-refractivity contribution in [3.8, 4) is 0 Å². The molecule has 1 unspecified atom stereocenters. The molecule has 2 aliphatic carbocycles. The van der Waals surface area contributed by atoms with Crippen LogP contribution in [-0.4, -0.2) is 42.1 Å². The summed E-state index contributed by atoms with van der Waals surface area (Å²) >= 11 is 0. The molecule has 4 heteroatoms. The van der Waals surface area contributed by atoms with Crippen LogP contribution in [0.2, 0.25) is 0 Å². The first-order valence-corrected chi connectivity index (χ1v) is 8.65. The van der Waals surface area contributed by atoms with Gasteiger partial charge < -0.3 is 11.1 Å². The van der Waals surface area contributed by atoms with Crippen LogP contribution in [0.1, 0.15) is 64.2 Å². The molecule has 0 amide bonds. The van der Waals surface area contributed by atoms with Gasteiger partial charge in [0, 0.05) is 18.1 Å². The summed E-state index contributed by atoms with van der Waals surface area (Å²) in [6.45, 7) is 2.17. The zero-order valence-electron chi connectivity index (χ0n) is 12.7. The Morgan fingerprint density at radius 1 is 1.00 bits per heavy atom. The summed E-state index contributed by atoms with van der Waals surface area (Å²) in [5.41, 5.74) is 6.01. The van der Waals surface area contributed by atoms with Crippen LogP contribution in [0.4, 0.5) is 0 Å². The molecule has 0 spiro atoms. The summed E-state index contributed by atoms with van der Waals surface area (Å²) in [6, 6.07) is 2.06. The van der Waals surface area contributed by atoms with Gasteiger partial charge in [-0.3, -0.25) is 9.89 Å². The zero-order valence-corrected chi connectivity index (χ0v) is 12.7. The second-order valence-corrected chi connectivity index (χ2v) is 6.82. The highest BCUT2D eigenvalue weighted by molar-refractivity contribution is 5.78. The van der Waals surface area contributed by atoms with Gasteiger partial charge >= 0.3 is 0 Å². The number of nitrogens with zero attached hydrogens (tertiary/aromatic N) is 2. The molecular weight excluding hydrogens is 248 g/mol. The minimum absolute atomic E-state index is 0.594. The van der Waals surface area contributed by atoms with Crippen molar-refractivity contribution in [1.82, 2.24) is 10.2 Å². The predicted octanol–water partition coefficient (Wildman–Crippen LogP) is 2.24. The van der Waals surface area contributed by atoms with Crippen molar-refractivity contribution >= 4 is 5.96 Å². The summed E-state index contributed by atoms with van der Waals surface area (Å²) in [6.07, 6.45) is 13.6. The van der Waals surface area contributed by atoms with E-state index in [9.17, 15) is 0 Å². The number of hydrogen-bond acceptors (Lipinski definition) is 2. The minimum atomic E-state index is 0.594. The fraction of sp³-hybridized carbons (Fsp3) is 0.938. The molecule has 1 heterocycles. The van der Waals surface area contributed by atoms with E-state index in [0.717, 1.165) is 12.6 Å². The highest BCUT2D eigenvalue weighted by Gasteiger charge is 2.31. The molecule has 1 atom stereocenters. The molecule has 20 heavy (non-hydrogen) atoms. The first-order chi connectivity index (χ1) is 9.83. The molecule has 0 aromatic carbocycles. The Hall–Kier alpha value is -0.770. The summed E-state index contributed by atoms with van der Waals surface area (Å²) in [5, 5.41) is 3.34. The van der Waals surface area contributed by atoms with Crippen molar-refractivity contribution < 1.29 is 0 Å². The Kier molecular flexibility index (Phi) is 4.81. The third kappa shape index (κ3) is 3.46. The van der Waals surface area contributed by atoms with Gasteiger partial charge in [0.15, 0.2) is 5.96 Å². The largest absolute Gasteiger partial charge is 0.370 e. The molecule has 3 fully saturated rings. The highest BCUT2D eigenvalue weighted by atomic mass is 15.2. The fourth-order valence-corrected chi connectivity index (χ4v) is 3.96. The van der Waals surface area contributed by atoms with E-state index >= 15 is 0 Å². The average Bonchev–Trinajstić information content (AvgIpc) is 2.90. The fourth-order valence-electron chi connectivity index (χ4n) is 3.96. The standard InChI is InChI=1S/C16H30N4/c17-16(19-13-6-4-7-13)18-12-15-10-5-11-20(15)14-8-2-1-3-9-14/h13-15H,1-12H2,(H3,17,18,19). The first-order valence-electron chi connectivity index (χ1n) is 8.65. The lowest BCUT2D eigenvalue weighted by molar-refractivity contribution is 0.145. The van der Waals surface area contributed by atoms with E-state index < -0.39 is 0 Å². The van der Waals surface area contributed by atoms with E-state index in [2.05, 4.69) is 15.2 Å². The lowest BCUT2D eigenvalue weighted by Gasteiger charge is -2.35. The van der Waals surface area contributed by atoms with Crippen molar-refractivity contribution in [2.45, 2.75) is 82.3 Å². The molecule has 2 saturated carbocycles. The van der Waals surface area contributed by atoms with Crippen LogP contribution in [0.3, 0.4) is 0 Å². The van der Waals surface area contributed by atoms with Gasteiger partial charge in [-0.1, -0.05) is 19.3 Å². The molecule has 0 aromatic heterocycles. The van der Waals surface area contributed by atoms with Gasteiger partial charge in [-0.25, -0.2) is 0 Å². The van der Waals surface area contributed by atoms with Crippen molar-refractivity contribution in [1.29, 1.82) is 0 Å². The highest BCUT2D eigenvalue weighted by Crippen LogP contribution is 2.29. The Morgan fingerprint density at radius 3 is 2.50 bits per heavy atom. The molecule has 3 aliphatic rings. The van der Waals surface area contributed by atoms with E-state index in [1.165, 1.54) is 70.8 Å². The molecule has 4 nitrogen and oxygen atoms in total. The summed E-state index contributed by atoms with van der Waals surface area (Å²) in [5.74, 6) is 0.671. The number of guanidine groups is 1. The minimum Gasteiger partial charge on any atom is -0.370 e. The van der Waals surface area contributed by atoms with Crippen molar-refractivity contribution in [2.24, 2.45) is 10.7 Å². The van der Waals surface area contributed by atoms with Crippen molar-refractivity contribution in [3.63, 3.8) is 0 Å². The van der Waals surface area contributed by atoms with Gasteiger partial charge in [0.05, 0.1) is 6.54 Å². The van der Waals surface area contributed by atoms with Crippen LogP contribution in [-0.2, 0) is 0 Å². The molecule has 0 bridgehead atoms. The van der Waals surface area contributed by atoms with E-state index in [-0.39, 0.29) is 0 Å². The van der Waals surface area contributed by atoms with Gasteiger partial charge in [-0.2, -0.15) is 0 Å². The maximum absolute atomic E-state index is 6.01. The quantitative estimate of drug-likeness (QED) is 0.612. The molecule has 114 valence electrons. The summed E-state index contributed by atoms with van der Waals surface area (Å²) in [4.78, 5) is 7.35. The second-order valence-electron chi connectivity index (χ2n) is 6.82. The van der Waals surface area contributed by atoms with E-state index in [4.69, 9.17) is 5.73 Å². The topological polar surface area (TPSA) is 53.6 Å². The second kappa shape index (κ2) is 6.79. The average molecular weight is 278 g/mol. The Labute approximate surface area is 123 Å². The monoisotopic (exact) mass is 278 g/mol. The molecule has 3 N–H and O–H groups in total. The Morgan fingerprint density at radius 2 is 1.80 bits per heavy atom. The van der Waals surface area contributed by atoms with Crippen LogP contribution in [0, 0.1) is 0 Å². The Bertz CT molecular complexity index is 331. The lowest BCUT2D eigenvalue weighted by atomic mass is 9.93. The number of likely N-dealkylation sites (tertiary alicyclic amines) is 1. The van der Waals surface area contributed by atoms with E-state index in [1.807, 2.05) is 0 Å². The van der Waals surface area contributed by atoms with E-state index in [1.54, 1.807) is 0 Å². The molecule has 0 radical (unpaired) electrons. The molecule has 0 aromatic rings. The number of nitrogens with two attached hydrogens (primary N) is 1. The number of aliphatic imine (C=N–C) groups is 1. The van der Waals surface area contributed by atoms with E-state index in [0.29, 0.717) is 18.0 Å². The van der Waals surface area contributed by atoms with Crippen molar-refractivity contribution in [3.05, 3.63) is 0 Å². The number of nitrogens with one attached hydrogen (secondary N) is 1. The number of hydrogen-bond donors (Lipinski definition) is 2. The normalized spacial score (nSPS) is 30.4. The van der Waals surface area contributed by atoms with Crippen LogP contribution < -0.4 is 11.1 Å². The summed E-state index contributed by atoms with van der Waals surface area (Å²) in [7, 11) is 0. The van der Waals surface area contributed by atoms with Gasteiger partial charge in [0.2, 0.25) is 0 Å². The predicted molar refractivity (Wildman–Crippen MR) is 83.9 cm³/mol. The van der Waals surface area contributed by atoms with Gasteiger partial charge in [-0.05, 0) is 51.5 Å². The molecule has 1 aliphatic heterocycles. The van der Waals surface area contributed by atoms with Crippen LogP contribution in [0.5, 0.6) is 0 Å². The maximum Gasteiger partial charge on any atom is 0.188 e. The van der Waals surface area contributed by atoms with Crippen LogP contribution in [0.25, 0.3) is 0 Å². The number of rotatable bonds is 4. The van der Waals surface area contributed by atoms with Gasteiger partial charge in [0.1, 0.15) is 0 Å². The Balaban J connectivity index is 1.48. The smallest absolute Gasteiger partial charge is 0.188 e. The zero-order chi connectivity index (χ0) is 13.8. The third-order valence-electron chi connectivity index (χ3n) is 5.40. The van der Waals surface area contributed by atoms with Crippen molar-refractivity contribution in [2.75, 3.05) is 13.1 Å². The molecule has 1 saturated heterocycles. The van der Waals surface area contributed by atoms with Crippen LogP contribution >= 0.6 is 0 Å². The molecular formula is C16H30N4.